The largest absolute Gasteiger partial charge is 0.497 e. The molecule has 24 heavy (non-hydrogen) atoms. The third-order valence-corrected chi connectivity index (χ3v) is 3.80. The normalized spacial score (nSPS) is 10.4. The molecule has 1 aromatic heterocycles. The summed E-state index contributed by atoms with van der Waals surface area (Å²) < 4.78 is 10.6. The molecule has 4 heteroatoms. The molecule has 3 rings (SSSR count). The van der Waals surface area contributed by atoms with Crippen molar-refractivity contribution in [3.63, 3.8) is 0 Å². The molecule has 3 aromatic rings. The highest BCUT2D eigenvalue weighted by Gasteiger charge is 2.19. The van der Waals surface area contributed by atoms with Gasteiger partial charge in [0.1, 0.15) is 11.5 Å². The number of furan rings is 1. The van der Waals surface area contributed by atoms with Gasteiger partial charge < -0.3 is 14.1 Å². The lowest BCUT2D eigenvalue weighted by atomic mass is 10.1. The summed E-state index contributed by atoms with van der Waals surface area (Å²) in [5.74, 6) is 1.28. The van der Waals surface area contributed by atoms with Gasteiger partial charge in [0, 0.05) is 11.3 Å². The first-order valence-corrected chi connectivity index (χ1v) is 7.72. The van der Waals surface area contributed by atoms with Gasteiger partial charge in [0.15, 0.2) is 0 Å². The predicted molar refractivity (Wildman–Crippen MR) is 93.4 cm³/mol. The zero-order chi connectivity index (χ0) is 16.9. The second-order valence-electron chi connectivity index (χ2n) is 5.54. The van der Waals surface area contributed by atoms with Crippen LogP contribution in [0.4, 0.5) is 5.69 Å². The van der Waals surface area contributed by atoms with E-state index in [1.165, 1.54) is 0 Å². The zero-order valence-electron chi connectivity index (χ0n) is 13.7. The molecule has 0 saturated carbocycles. The second-order valence-corrected chi connectivity index (χ2v) is 5.54. The van der Waals surface area contributed by atoms with Gasteiger partial charge >= 0.3 is 0 Å². The number of aryl methyl sites for hydroxylation is 1. The average molecular weight is 321 g/mol. The van der Waals surface area contributed by atoms with E-state index >= 15 is 0 Å². The third kappa shape index (κ3) is 3.49. The van der Waals surface area contributed by atoms with E-state index in [1.54, 1.807) is 30.4 Å². The molecule has 122 valence electrons. The number of benzene rings is 2. The lowest BCUT2D eigenvalue weighted by Gasteiger charge is -2.22. The van der Waals surface area contributed by atoms with Crippen LogP contribution >= 0.6 is 0 Å². The molecule has 2 aromatic carbocycles. The van der Waals surface area contributed by atoms with Crippen LogP contribution in [0.2, 0.25) is 0 Å². The van der Waals surface area contributed by atoms with Crippen molar-refractivity contribution >= 4 is 11.6 Å². The summed E-state index contributed by atoms with van der Waals surface area (Å²) in [6.45, 7) is 2.39. The Bertz CT molecular complexity index is 807. The van der Waals surface area contributed by atoms with E-state index in [0.29, 0.717) is 17.9 Å². The van der Waals surface area contributed by atoms with Crippen LogP contribution in [-0.2, 0) is 6.54 Å². The van der Waals surface area contributed by atoms with Gasteiger partial charge in [-0.1, -0.05) is 23.8 Å². The Labute approximate surface area is 141 Å². The van der Waals surface area contributed by atoms with Gasteiger partial charge in [-0.3, -0.25) is 4.79 Å². The van der Waals surface area contributed by atoms with E-state index in [1.807, 2.05) is 55.5 Å². The lowest BCUT2D eigenvalue weighted by molar-refractivity contribution is 0.0983. The lowest BCUT2D eigenvalue weighted by Crippen LogP contribution is -2.30. The molecule has 0 spiro atoms. The SMILES string of the molecule is COc1cccc(C(=O)N(Cc2ccco2)c2ccc(C)cc2)c1. The number of ether oxygens (including phenoxy) is 1. The molecule has 0 fully saturated rings. The van der Waals surface area contributed by atoms with E-state index in [9.17, 15) is 4.79 Å². The highest BCUT2D eigenvalue weighted by molar-refractivity contribution is 6.06. The number of methoxy groups -OCH3 is 1. The highest BCUT2D eigenvalue weighted by Crippen LogP contribution is 2.22. The molecule has 0 bridgehead atoms. The summed E-state index contributed by atoms with van der Waals surface area (Å²) in [5.41, 5.74) is 2.54. The van der Waals surface area contributed by atoms with Crippen LogP contribution in [0.15, 0.2) is 71.3 Å². The summed E-state index contributed by atoms with van der Waals surface area (Å²) in [4.78, 5) is 14.8. The highest BCUT2D eigenvalue weighted by atomic mass is 16.5. The fourth-order valence-corrected chi connectivity index (χ4v) is 2.48. The van der Waals surface area contributed by atoms with Crippen molar-refractivity contribution in [2.24, 2.45) is 0 Å². The monoisotopic (exact) mass is 321 g/mol. The number of rotatable bonds is 5. The Morgan fingerprint density at radius 1 is 1.08 bits per heavy atom. The van der Waals surface area contributed by atoms with Crippen molar-refractivity contribution in [3.05, 3.63) is 83.8 Å². The van der Waals surface area contributed by atoms with Crippen molar-refractivity contribution in [3.8, 4) is 5.75 Å². The number of carbonyl (C=O) groups excluding carboxylic acids is 1. The summed E-state index contributed by atoms with van der Waals surface area (Å²) in [7, 11) is 1.59. The van der Waals surface area contributed by atoms with Crippen molar-refractivity contribution in [2.75, 3.05) is 12.0 Å². The molecule has 0 unspecified atom stereocenters. The summed E-state index contributed by atoms with van der Waals surface area (Å²) in [6, 6.07) is 18.7. The first-order valence-electron chi connectivity index (χ1n) is 7.72. The number of hydrogen-bond acceptors (Lipinski definition) is 3. The van der Waals surface area contributed by atoms with Crippen LogP contribution in [0.5, 0.6) is 5.75 Å². The minimum absolute atomic E-state index is 0.103. The summed E-state index contributed by atoms with van der Waals surface area (Å²) in [6.07, 6.45) is 1.61. The molecular weight excluding hydrogens is 302 g/mol. The van der Waals surface area contributed by atoms with E-state index in [0.717, 1.165) is 17.0 Å². The molecule has 1 amide bonds. The zero-order valence-corrected chi connectivity index (χ0v) is 13.7. The molecule has 0 radical (unpaired) electrons. The van der Waals surface area contributed by atoms with Crippen molar-refractivity contribution in [1.29, 1.82) is 0 Å². The van der Waals surface area contributed by atoms with Crippen LogP contribution < -0.4 is 9.64 Å². The van der Waals surface area contributed by atoms with E-state index in [4.69, 9.17) is 9.15 Å². The van der Waals surface area contributed by atoms with Crippen LogP contribution in [0.25, 0.3) is 0 Å². The third-order valence-electron chi connectivity index (χ3n) is 3.80. The van der Waals surface area contributed by atoms with Crippen molar-refractivity contribution in [2.45, 2.75) is 13.5 Å². The molecule has 0 aliphatic heterocycles. The molecule has 0 aliphatic carbocycles. The van der Waals surface area contributed by atoms with Gasteiger partial charge in [-0.15, -0.1) is 0 Å². The number of anilines is 1. The van der Waals surface area contributed by atoms with Gasteiger partial charge in [-0.05, 0) is 49.4 Å². The Kier molecular flexibility index (Phi) is 4.66. The average Bonchev–Trinajstić information content (AvgIpc) is 3.13. The van der Waals surface area contributed by atoms with Crippen LogP contribution in [-0.4, -0.2) is 13.0 Å². The Morgan fingerprint density at radius 3 is 2.54 bits per heavy atom. The quantitative estimate of drug-likeness (QED) is 0.697. The molecular formula is C20H19NO3. The molecule has 0 saturated heterocycles. The van der Waals surface area contributed by atoms with Crippen molar-refractivity contribution in [1.82, 2.24) is 0 Å². The van der Waals surface area contributed by atoms with Gasteiger partial charge in [0.05, 0.1) is 19.9 Å². The maximum absolute atomic E-state index is 13.1. The first kappa shape index (κ1) is 15.9. The summed E-state index contributed by atoms with van der Waals surface area (Å²) >= 11 is 0. The fraction of sp³-hybridized carbons (Fsp3) is 0.150. The van der Waals surface area contributed by atoms with Crippen LogP contribution in [0.1, 0.15) is 21.7 Å². The Hall–Kier alpha value is -3.01. The molecule has 1 heterocycles. The van der Waals surface area contributed by atoms with Crippen LogP contribution in [0, 0.1) is 6.92 Å². The maximum Gasteiger partial charge on any atom is 0.258 e. The topological polar surface area (TPSA) is 42.7 Å². The van der Waals surface area contributed by atoms with E-state index in [2.05, 4.69) is 0 Å². The molecule has 4 nitrogen and oxygen atoms in total. The number of amides is 1. The standard InChI is InChI=1S/C20H19NO3/c1-15-8-10-17(11-9-15)21(14-19-7-4-12-24-19)20(22)16-5-3-6-18(13-16)23-2/h3-13H,14H2,1-2H3. The fourth-order valence-electron chi connectivity index (χ4n) is 2.48. The maximum atomic E-state index is 13.1. The van der Waals surface area contributed by atoms with E-state index < -0.39 is 0 Å². The predicted octanol–water partition coefficient (Wildman–Crippen LogP) is 4.44. The number of nitrogens with zero attached hydrogens (tertiary/aromatic N) is 1. The Morgan fingerprint density at radius 2 is 1.88 bits per heavy atom. The van der Waals surface area contributed by atoms with E-state index in [-0.39, 0.29) is 5.91 Å². The second kappa shape index (κ2) is 7.04. The summed E-state index contributed by atoms with van der Waals surface area (Å²) in [5, 5.41) is 0. The number of carbonyl (C=O) groups is 1. The van der Waals surface area contributed by atoms with Gasteiger partial charge in [-0.2, -0.15) is 0 Å². The van der Waals surface area contributed by atoms with Crippen molar-refractivity contribution < 1.29 is 13.9 Å². The molecule has 0 atom stereocenters. The minimum atomic E-state index is -0.103. The minimum Gasteiger partial charge on any atom is -0.497 e. The first-order chi connectivity index (χ1) is 11.7. The molecule has 0 N–H and O–H groups in total. The number of hydrogen-bond donors (Lipinski definition) is 0. The van der Waals surface area contributed by atoms with Gasteiger partial charge in [-0.25, -0.2) is 0 Å². The van der Waals surface area contributed by atoms with Gasteiger partial charge in [0.2, 0.25) is 0 Å². The van der Waals surface area contributed by atoms with Crippen LogP contribution in [0.3, 0.4) is 0 Å². The van der Waals surface area contributed by atoms with Gasteiger partial charge in [0.25, 0.3) is 5.91 Å². The molecule has 0 aliphatic rings. The Balaban J connectivity index is 1.96. The smallest absolute Gasteiger partial charge is 0.258 e.